The van der Waals surface area contributed by atoms with E-state index in [4.69, 9.17) is 4.98 Å². The second kappa shape index (κ2) is 6.06. The molecule has 0 spiro atoms. The SMILES string of the molecule is Cc1cccc2c1c1ccccc1n1c3cc(CC4(C)CCCC4)ccc3nc21. The second-order valence-corrected chi connectivity index (χ2v) is 9.30. The van der Waals surface area contributed by atoms with Gasteiger partial charge in [0.2, 0.25) is 0 Å². The van der Waals surface area contributed by atoms with Gasteiger partial charge in [0.1, 0.15) is 5.65 Å². The molecule has 6 rings (SSSR count). The maximum atomic E-state index is 5.09. The van der Waals surface area contributed by atoms with Crippen LogP contribution in [0.3, 0.4) is 0 Å². The molecule has 0 atom stereocenters. The molecular formula is C27H26N2. The molecular weight excluding hydrogens is 352 g/mol. The summed E-state index contributed by atoms with van der Waals surface area (Å²) in [5.41, 5.74) is 7.85. The first-order valence-corrected chi connectivity index (χ1v) is 10.8. The van der Waals surface area contributed by atoms with Gasteiger partial charge in [-0.1, -0.05) is 62.2 Å². The third-order valence-electron chi connectivity index (χ3n) is 7.09. The number of para-hydroxylation sites is 1. The zero-order valence-electron chi connectivity index (χ0n) is 17.2. The number of fused-ring (bicyclic) bond motifs is 8. The molecule has 2 heterocycles. The number of pyridine rings is 1. The number of hydrogen-bond acceptors (Lipinski definition) is 1. The van der Waals surface area contributed by atoms with Crippen molar-refractivity contribution in [2.75, 3.05) is 0 Å². The molecule has 0 saturated heterocycles. The number of imidazole rings is 1. The molecule has 144 valence electrons. The predicted molar refractivity (Wildman–Crippen MR) is 123 cm³/mol. The fourth-order valence-corrected chi connectivity index (χ4v) is 5.65. The van der Waals surface area contributed by atoms with Gasteiger partial charge < -0.3 is 0 Å². The van der Waals surface area contributed by atoms with Gasteiger partial charge in [0.15, 0.2) is 0 Å². The summed E-state index contributed by atoms with van der Waals surface area (Å²) < 4.78 is 2.38. The summed E-state index contributed by atoms with van der Waals surface area (Å²) in [5.74, 6) is 0. The maximum absolute atomic E-state index is 5.09. The molecule has 3 aromatic carbocycles. The summed E-state index contributed by atoms with van der Waals surface area (Å²) in [5, 5.41) is 3.87. The lowest BCUT2D eigenvalue weighted by molar-refractivity contribution is 0.334. The molecule has 2 heteroatoms. The number of aromatic nitrogens is 2. The van der Waals surface area contributed by atoms with E-state index in [-0.39, 0.29) is 0 Å². The van der Waals surface area contributed by atoms with E-state index in [0.29, 0.717) is 5.41 Å². The number of aryl methyl sites for hydroxylation is 1. The average molecular weight is 379 g/mol. The van der Waals surface area contributed by atoms with Crippen LogP contribution in [0.2, 0.25) is 0 Å². The van der Waals surface area contributed by atoms with Crippen molar-refractivity contribution in [1.82, 2.24) is 9.38 Å². The third kappa shape index (κ3) is 2.51. The first-order chi connectivity index (χ1) is 14.1. The van der Waals surface area contributed by atoms with Gasteiger partial charge in [-0.2, -0.15) is 0 Å². The van der Waals surface area contributed by atoms with E-state index in [9.17, 15) is 0 Å². The predicted octanol–water partition coefficient (Wildman–Crippen LogP) is 7.23. The molecule has 0 radical (unpaired) electrons. The minimum atomic E-state index is 0.458. The van der Waals surface area contributed by atoms with Gasteiger partial charge in [0.25, 0.3) is 0 Å². The van der Waals surface area contributed by atoms with Crippen LogP contribution in [0.15, 0.2) is 60.7 Å². The van der Waals surface area contributed by atoms with Gasteiger partial charge in [-0.25, -0.2) is 4.98 Å². The molecule has 5 aromatic rings. The Hall–Kier alpha value is -2.87. The molecule has 1 aliphatic carbocycles. The van der Waals surface area contributed by atoms with Gasteiger partial charge in [-0.3, -0.25) is 4.40 Å². The summed E-state index contributed by atoms with van der Waals surface area (Å²) in [6.07, 6.45) is 6.63. The number of benzene rings is 3. The molecule has 0 amide bonds. The summed E-state index contributed by atoms with van der Waals surface area (Å²) in [6, 6.07) is 22.3. The molecule has 0 bridgehead atoms. The van der Waals surface area contributed by atoms with Crippen LogP contribution in [0, 0.1) is 12.3 Å². The van der Waals surface area contributed by atoms with Gasteiger partial charge in [0.05, 0.1) is 16.6 Å². The van der Waals surface area contributed by atoms with Gasteiger partial charge in [-0.05, 0) is 66.3 Å². The van der Waals surface area contributed by atoms with Crippen molar-refractivity contribution in [3.63, 3.8) is 0 Å². The van der Waals surface area contributed by atoms with E-state index < -0.39 is 0 Å². The lowest BCUT2D eigenvalue weighted by Crippen LogP contribution is -2.14. The Morgan fingerprint density at radius 3 is 2.55 bits per heavy atom. The summed E-state index contributed by atoms with van der Waals surface area (Å²) in [7, 11) is 0. The topological polar surface area (TPSA) is 17.3 Å². The fraction of sp³-hybridized carbons (Fsp3) is 0.296. The van der Waals surface area contributed by atoms with Crippen molar-refractivity contribution >= 4 is 38.4 Å². The summed E-state index contributed by atoms with van der Waals surface area (Å²) >= 11 is 0. The van der Waals surface area contributed by atoms with E-state index >= 15 is 0 Å². The van der Waals surface area contributed by atoms with Gasteiger partial charge in [-0.15, -0.1) is 0 Å². The second-order valence-electron chi connectivity index (χ2n) is 9.30. The van der Waals surface area contributed by atoms with Crippen molar-refractivity contribution in [2.24, 2.45) is 5.41 Å². The van der Waals surface area contributed by atoms with Crippen molar-refractivity contribution in [2.45, 2.75) is 46.0 Å². The van der Waals surface area contributed by atoms with Crippen LogP contribution in [0.25, 0.3) is 38.4 Å². The first kappa shape index (κ1) is 17.0. The Labute approximate surface area is 171 Å². The lowest BCUT2D eigenvalue weighted by atomic mass is 9.82. The van der Waals surface area contributed by atoms with Crippen LogP contribution in [0.4, 0.5) is 0 Å². The highest BCUT2D eigenvalue weighted by molar-refractivity contribution is 6.15. The Balaban J connectivity index is 1.70. The molecule has 29 heavy (non-hydrogen) atoms. The van der Waals surface area contributed by atoms with Gasteiger partial charge in [0, 0.05) is 10.8 Å². The molecule has 0 N–H and O–H groups in total. The maximum Gasteiger partial charge on any atom is 0.146 e. The Bertz CT molecular complexity index is 1400. The molecule has 1 aliphatic rings. The summed E-state index contributed by atoms with van der Waals surface area (Å²) in [6.45, 7) is 4.67. The Morgan fingerprint density at radius 2 is 1.69 bits per heavy atom. The smallest absolute Gasteiger partial charge is 0.146 e. The number of rotatable bonds is 2. The van der Waals surface area contributed by atoms with E-state index in [1.54, 1.807) is 0 Å². The highest BCUT2D eigenvalue weighted by Crippen LogP contribution is 2.41. The highest BCUT2D eigenvalue weighted by atomic mass is 15.0. The largest absolute Gasteiger partial charge is 0.292 e. The van der Waals surface area contributed by atoms with E-state index in [1.807, 2.05) is 0 Å². The molecule has 1 saturated carbocycles. The van der Waals surface area contributed by atoms with Crippen LogP contribution in [-0.4, -0.2) is 9.38 Å². The van der Waals surface area contributed by atoms with Crippen molar-refractivity contribution in [1.29, 1.82) is 0 Å². The minimum absolute atomic E-state index is 0.458. The van der Waals surface area contributed by atoms with E-state index in [0.717, 1.165) is 11.2 Å². The number of nitrogens with zero attached hydrogens (tertiary/aromatic N) is 2. The molecule has 1 fully saturated rings. The molecule has 2 nitrogen and oxygen atoms in total. The first-order valence-electron chi connectivity index (χ1n) is 10.8. The quantitative estimate of drug-likeness (QED) is 0.296. The van der Waals surface area contributed by atoms with Crippen LogP contribution < -0.4 is 0 Å². The summed E-state index contributed by atoms with van der Waals surface area (Å²) in [4.78, 5) is 5.09. The minimum Gasteiger partial charge on any atom is -0.292 e. The Kier molecular flexibility index (Phi) is 3.56. The van der Waals surface area contributed by atoms with Crippen molar-refractivity contribution in [3.05, 3.63) is 71.8 Å². The fourth-order valence-electron chi connectivity index (χ4n) is 5.65. The standard InChI is InChI=1S/C27H26N2/c1-18-8-7-10-21-25(18)20-9-3-4-11-23(20)29-24-16-19(12-13-22(24)28-26(21)29)17-27(2)14-5-6-15-27/h3-4,7-13,16H,5-6,14-15,17H2,1-2H3. The van der Waals surface area contributed by atoms with Gasteiger partial charge >= 0.3 is 0 Å². The molecule has 0 aliphatic heterocycles. The van der Waals surface area contributed by atoms with Crippen molar-refractivity contribution < 1.29 is 0 Å². The number of hydrogen-bond donors (Lipinski definition) is 0. The van der Waals surface area contributed by atoms with Crippen LogP contribution in [0.1, 0.15) is 43.7 Å². The van der Waals surface area contributed by atoms with Crippen molar-refractivity contribution in [3.8, 4) is 0 Å². The monoisotopic (exact) mass is 378 g/mol. The normalized spacial score (nSPS) is 16.5. The third-order valence-corrected chi connectivity index (χ3v) is 7.09. The highest BCUT2D eigenvalue weighted by Gasteiger charge is 2.29. The lowest BCUT2D eigenvalue weighted by Gasteiger charge is -2.23. The van der Waals surface area contributed by atoms with E-state index in [1.165, 1.54) is 70.4 Å². The zero-order valence-corrected chi connectivity index (χ0v) is 17.2. The Morgan fingerprint density at radius 1 is 0.897 bits per heavy atom. The average Bonchev–Trinajstić information content (AvgIpc) is 3.32. The van der Waals surface area contributed by atoms with E-state index in [2.05, 4.69) is 78.9 Å². The molecule has 2 aromatic heterocycles. The van der Waals surface area contributed by atoms with Crippen LogP contribution in [-0.2, 0) is 6.42 Å². The zero-order chi connectivity index (χ0) is 19.6. The molecule has 0 unspecified atom stereocenters. The van der Waals surface area contributed by atoms with Crippen LogP contribution >= 0.6 is 0 Å². The van der Waals surface area contributed by atoms with Crippen LogP contribution in [0.5, 0.6) is 0 Å².